The van der Waals surface area contributed by atoms with E-state index in [9.17, 15) is 8.42 Å². The zero-order valence-corrected chi connectivity index (χ0v) is 14.4. The Morgan fingerprint density at radius 1 is 1.48 bits per heavy atom. The molecule has 0 unspecified atom stereocenters. The summed E-state index contributed by atoms with van der Waals surface area (Å²) in [5.41, 5.74) is 0. The summed E-state index contributed by atoms with van der Waals surface area (Å²) in [5.74, 6) is 0. The second-order valence-corrected chi connectivity index (χ2v) is 9.24. The van der Waals surface area contributed by atoms with Gasteiger partial charge in [-0.2, -0.15) is 16.9 Å². The highest BCUT2D eigenvalue weighted by Gasteiger charge is 2.23. The Morgan fingerprint density at radius 2 is 2.19 bits per heavy atom. The summed E-state index contributed by atoms with van der Waals surface area (Å²) in [7, 11) is -3.48. The van der Waals surface area contributed by atoms with Gasteiger partial charge in [0.15, 0.2) is 0 Å². The van der Waals surface area contributed by atoms with Crippen LogP contribution in [-0.4, -0.2) is 48.3 Å². The van der Waals surface area contributed by atoms with E-state index in [-0.39, 0.29) is 9.64 Å². The van der Waals surface area contributed by atoms with E-state index in [1.807, 2.05) is 20.1 Å². The lowest BCUT2D eigenvalue weighted by Crippen LogP contribution is -2.35. The number of rotatable bonds is 9. The first-order valence-corrected chi connectivity index (χ1v) is 9.84. The molecule has 21 heavy (non-hydrogen) atoms. The van der Waals surface area contributed by atoms with E-state index < -0.39 is 10.0 Å². The molecule has 0 aromatic carbocycles. The largest absolute Gasteiger partial charge is 0.312 e. The van der Waals surface area contributed by atoms with E-state index in [2.05, 4.69) is 15.1 Å². The summed E-state index contributed by atoms with van der Waals surface area (Å²) in [5, 5.41) is 7.49. The molecule has 1 heterocycles. The van der Waals surface area contributed by atoms with Crippen LogP contribution in [0.3, 0.4) is 0 Å². The highest BCUT2D eigenvalue weighted by molar-refractivity contribution is 8.00. The molecule has 1 aromatic heterocycles. The van der Waals surface area contributed by atoms with E-state index in [1.54, 1.807) is 22.6 Å². The van der Waals surface area contributed by atoms with Crippen LogP contribution in [0.5, 0.6) is 0 Å². The Bertz CT molecular complexity index is 564. The SMILES string of the molecule is CSC(C)(C)CNS(=O)(=O)c1cnn(CCNC2CC2)c1. The third kappa shape index (κ3) is 5.28. The Hall–Kier alpha value is -0.570. The van der Waals surface area contributed by atoms with E-state index in [1.165, 1.54) is 19.0 Å². The number of sulfonamides is 1. The first kappa shape index (κ1) is 16.8. The average Bonchev–Trinajstić information content (AvgIpc) is 3.12. The fourth-order valence-electron chi connectivity index (χ4n) is 1.70. The van der Waals surface area contributed by atoms with Crippen LogP contribution in [0.1, 0.15) is 26.7 Å². The van der Waals surface area contributed by atoms with Gasteiger partial charge < -0.3 is 5.32 Å². The summed E-state index contributed by atoms with van der Waals surface area (Å²) in [6.07, 6.45) is 7.45. The Morgan fingerprint density at radius 3 is 2.81 bits per heavy atom. The molecule has 0 bridgehead atoms. The molecule has 1 fully saturated rings. The van der Waals surface area contributed by atoms with Crippen molar-refractivity contribution in [2.24, 2.45) is 0 Å². The fourth-order valence-corrected chi connectivity index (χ4v) is 3.17. The van der Waals surface area contributed by atoms with Crippen LogP contribution in [-0.2, 0) is 16.6 Å². The molecule has 6 nitrogen and oxygen atoms in total. The zero-order chi connectivity index (χ0) is 15.5. The molecule has 0 atom stereocenters. The summed E-state index contributed by atoms with van der Waals surface area (Å²) in [4.78, 5) is 0.228. The molecule has 2 rings (SSSR count). The summed E-state index contributed by atoms with van der Waals surface area (Å²) in [6.45, 7) is 5.91. The van der Waals surface area contributed by atoms with Gasteiger partial charge in [-0.05, 0) is 32.9 Å². The predicted molar refractivity (Wildman–Crippen MR) is 86.0 cm³/mol. The smallest absolute Gasteiger partial charge is 0.243 e. The lowest BCUT2D eigenvalue weighted by atomic mass is 10.2. The molecule has 0 amide bonds. The fraction of sp³-hybridized carbons (Fsp3) is 0.769. The van der Waals surface area contributed by atoms with Gasteiger partial charge in [-0.15, -0.1) is 0 Å². The minimum Gasteiger partial charge on any atom is -0.312 e. The molecule has 1 aliphatic carbocycles. The van der Waals surface area contributed by atoms with Crippen molar-refractivity contribution >= 4 is 21.8 Å². The first-order chi connectivity index (χ1) is 9.82. The highest BCUT2D eigenvalue weighted by Crippen LogP contribution is 2.20. The van der Waals surface area contributed by atoms with Crippen LogP contribution in [0.2, 0.25) is 0 Å². The Kier molecular flexibility index (Phi) is 5.34. The standard InChI is InChI=1S/C13H24N4O2S2/c1-13(2,20-3)10-16-21(18,19)12-8-15-17(9-12)7-6-14-11-4-5-11/h8-9,11,14,16H,4-7,10H2,1-3H3. The van der Waals surface area contributed by atoms with Crippen molar-refractivity contribution in [2.45, 2.75) is 48.9 Å². The van der Waals surface area contributed by atoms with Gasteiger partial charge >= 0.3 is 0 Å². The van der Waals surface area contributed by atoms with Crippen LogP contribution in [0.4, 0.5) is 0 Å². The number of nitrogens with zero attached hydrogens (tertiary/aromatic N) is 2. The van der Waals surface area contributed by atoms with Crippen molar-refractivity contribution in [3.63, 3.8) is 0 Å². The van der Waals surface area contributed by atoms with Gasteiger partial charge in [-0.25, -0.2) is 13.1 Å². The minimum atomic E-state index is -3.48. The van der Waals surface area contributed by atoms with E-state index >= 15 is 0 Å². The van der Waals surface area contributed by atoms with Crippen molar-refractivity contribution in [2.75, 3.05) is 19.3 Å². The second kappa shape index (κ2) is 6.68. The molecular formula is C13H24N4O2S2. The van der Waals surface area contributed by atoms with Crippen LogP contribution in [0.25, 0.3) is 0 Å². The Labute approximate surface area is 131 Å². The number of hydrogen-bond acceptors (Lipinski definition) is 5. The third-order valence-corrected chi connectivity index (χ3v) is 6.12. The Balaban J connectivity index is 1.88. The lowest BCUT2D eigenvalue weighted by Gasteiger charge is -2.21. The number of aromatic nitrogens is 2. The van der Waals surface area contributed by atoms with Crippen LogP contribution >= 0.6 is 11.8 Å². The van der Waals surface area contributed by atoms with Crippen LogP contribution in [0, 0.1) is 0 Å². The zero-order valence-electron chi connectivity index (χ0n) is 12.8. The van der Waals surface area contributed by atoms with Gasteiger partial charge in [-0.3, -0.25) is 4.68 Å². The second-order valence-electron chi connectivity index (χ2n) is 5.96. The molecule has 8 heteroatoms. The van der Waals surface area contributed by atoms with E-state index in [4.69, 9.17) is 0 Å². The maximum atomic E-state index is 12.2. The van der Waals surface area contributed by atoms with Gasteiger partial charge in [0, 0.05) is 30.1 Å². The minimum absolute atomic E-state index is 0.128. The van der Waals surface area contributed by atoms with Crippen LogP contribution < -0.4 is 10.0 Å². The summed E-state index contributed by atoms with van der Waals surface area (Å²) in [6, 6.07) is 0.652. The summed E-state index contributed by atoms with van der Waals surface area (Å²) >= 11 is 1.63. The van der Waals surface area contributed by atoms with Gasteiger partial charge in [0.2, 0.25) is 10.0 Å². The van der Waals surface area contributed by atoms with Crippen molar-refractivity contribution in [1.82, 2.24) is 19.8 Å². The molecule has 0 saturated heterocycles. The molecule has 2 N–H and O–H groups in total. The number of nitrogens with one attached hydrogen (secondary N) is 2. The summed E-state index contributed by atoms with van der Waals surface area (Å²) < 4.78 is 28.6. The molecule has 0 spiro atoms. The van der Waals surface area contributed by atoms with Gasteiger partial charge in [0.25, 0.3) is 0 Å². The highest BCUT2D eigenvalue weighted by atomic mass is 32.2. The maximum absolute atomic E-state index is 12.2. The van der Waals surface area contributed by atoms with Crippen molar-refractivity contribution in [3.8, 4) is 0 Å². The van der Waals surface area contributed by atoms with E-state index in [0.29, 0.717) is 19.1 Å². The molecule has 0 aliphatic heterocycles. The average molecular weight is 332 g/mol. The molecule has 0 radical (unpaired) electrons. The van der Waals surface area contributed by atoms with Crippen LogP contribution in [0.15, 0.2) is 17.3 Å². The molecular weight excluding hydrogens is 308 g/mol. The normalized spacial score (nSPS) is 16.3. The predicted octanol–water partition coefficient (Wildman–Crippen LogP) is 1.06. The van der Waals surface area contributed by atoms with Gasteiger partial charge in [0.05, 0.1) is 12.7 Å². The molecule has 1 aliphatic rings. The quantitative estimate of drug-likeness (QED) is 0.707. The van der Waals surface area contributed by atoms with Crippen molar-refractivity contribution in [1.29, 1.82) is 0 Å². The van der Waals surface area contributed by atoms with Crippen molar-refractivity contribution in [3.05, 3.63) is 12.4 Å². The van der Waals surface area contributed by atoms with Crippen molar-refractivity contribution < 1.29 is 8.42 Å². The number of thioether (sulfide) groups is 1. The lowest BCUT2D eigenvalue weighted by molar-refractivity contribution is 0.551. The third-order valence-electron chi connectivity index (χ3n) is 3.51. The monoisotopic (exact) mass is 332 g/mol. The molecule has 1 aromatic rings. The number of hydrogen-bond donors (Lipinski definition) is 2. The molecule has 120 valence electrons. The maximum Gasteiger partial charge on any atom is 0.243 e. The topological polar surface area (TPSA) is 76.0 Å². The van der Waals surface area contributed by atoms with E-state index in [0.717, 1.165) is 6.54 Å². The van der Waals surface area contributed by atoms with Gasteiger partial charge in [-0.1, -0.05) is 0 Å². The first-order valence-electron chi connectivity index (χ1n) is 7.13. The van der Waals surface area contributed by atoms with Gasteiger partial charge in [0.1, 0.15) is 4.90 Å². The molecule has 1 saturated carbocycles.